The van der Waals surface area contributed by atoms with Gasteiger partial charge in [-0.05, 0) is 72.6 Å². The van der Waals surface area contributed by atoms with E-state index in [0.29, 0.717) is 49.6 Å². The van der Waals surface area contributed by atoms with E-state index in [1.165, 1.54) is 24.3 Å². The zero-order valence-corrected chi connectivity index (χ0v) is 26.5. The minimum atomic E-state index is -4.85. The van der Waals surface area contributed by atoms with Gasteiger partial charge in [0.05, 0.1) is 6.61 Å². The Kier molecular flexibility index (Phi) is 10.3. The van der Waals surface area contributed by atoms with Gasteiger partial charge in [-0.1, -0.05) is 42.4 Å². The van der Waals surface area contributed by atoms with Crippen LogP contribution in [0.25, 0.3) is 11.1 Å². The number of alkyl halides is 3. The van der Waals surface area contributed by atoms with Crippen molar-refractivity contribution in [1.82, 2.24) is 20.6 Å². The highest BCUT2D eigenvalue weighted by atomic mass is 35.5. The quantitative estimate of drug-likeness (QED) is 0.192. The summed E-state index contributed by atoms with van der Waals surface area (Å²) in [5.74, 6) is -0.849. The molecule has 2 fully saturated rings. The van der Waals surface area contributed by atoms with Crippen LogP contribution in [0.4, 0.5) is 24.9 Å². The Morgan fingerprint density at radius 3 is 2.68 bits per heavy atom. The molecular formula is C33H36ClF3N6O4. The highest BCUT2D eigenvalue weighted by molar-refractivity contribution is 6.30. The third-order valence-electron chi connectivity index (χ3n) is 8.51. The summed E-state index contributed by atoms with van der Waals surface area (Å²) in [5, 5.41) is 6.16. The van der Waals surface area contributed by atoms with Crippen LogP contribution in [0.2, 0.25) is 5.02 Å². The van der Waals surface area contributed by atoms with Gasteiger partial charge in [-0.25, -0.2) is 0 Å². The number of rotatable bonds is 10. The Bertz CT molecular complexity index is 1630. The van der Waals surface area contributed by atoms with Crippen molar-refractivity contribution in [3.05, 3.63) is 77.3 Å². The summed E-state index contributed by atoms with van der Waals surface area (Å²) in [6.07, 6.45) is -4.00. The fourth-order valence-corrected chi connectivity index (χ4v) is 6.29. The van der Waals surface area contributed by atoms with Crippen LogP contribution in [0.15, 0.2) is 61.2 Å². The first-order valence-corrected chi connectivity index (χ1v) is 15.6. The largest absolute Gasteiger partial charge is 0.465 e. The molecule has 250 valence electrons. The zero-order chi connectivity index (χ0) is 33.8. The molecule has 1 amide bonds. The van der Waals surface area contributed by atoms with Crippen molar-refractivity contribution >= 4 is 35.2 Å². The molecule has 4 N–H and O–H groups in total. The first-order valence-electron chi connectivity index (χ1n) is 15.2. The van der Waals surface area contributed by atoms with Crippen molar-refractivity contribution in [1.29, 1.82) is 0 Å². The van der Waals surface area contributed by atoms with Crippen LogP contribution in [-0.4, -0.2) is 60.3 Å². The van der Waals surface area contributed by atoms with E-state index in [-0.39, 0.29) is 57.9 Å². The Balaban J connectivity index is 1.38. The van der Waals surface area contributed by atoms with Crippen molar-refractivity contribution in [2.24, 2.45) is 5.41 Å². The van der Waals surface area contributed by atoms with Gasteiger partial charge in [-0.3, -0.25) is 9.59 Å². The number of aromatic nitrogens is 2. The van der Waals surface area contributed by atoms with Crippen LogP contribution in [0.1, 0.15) is 43.4 Å². The van der Waals surface area contributed by atoms with E-state index in [2.05, 4.69) is 27.2 Å². The van der Waals surface area contributed by atoms with E-state index in [1.54, 1.807) is 31.2 Å². The summed E-state index contributed by atoms with van der Waals surface area (Å²) in [6, 6.07) is 11.8. The van der Waals surface area contributed by atoms with Crippen LogP contribution in [0.3, 0.4) is 0 Å². The van der Waals surface area contributed by atoms with Gasteiger partial charge in [-0.15, -0.1) is 0 Å². The van der Waals surface area contributed by atoms with E-state index in [9.17, 15) is 22.8 Å². The third kappa shape index (κ3) is 8.14. The van der Waals surface area contributed by atoms with Gasteiger partial charge in [-0.2, -0.15) is 23.1 Å². The Hall–Kier alpha value is -4.36. The number of halogens is 4. The number of benzene rings is 2. The van der Waals surface area contributed by atoms with E-state index < -0.39 is 12.3 Å². The molecule has 2 saturated heterocycles. The van der Waals surface area contributed by atoms with Gasteiger partial charge >= 0.3 is 12.1 Å². The van der Waals surface area contributed by atoms with Crippen LogP contribution in [0, 0.1) is 5.41 Å². The van der Waals surface area contributed by atoms with E-state index in [1.807, 2.05) is 4.90 Å². The number of ether oxygens (including phenoxy) is 2. The molecule has 2 aliphatic heterocycles. The lowest BCUT2D eigenvalue weighted by molar-refractivity contribution is -0.198. The predicted octanol–water partition coefficient (Wildman–Crippen LogP) is 5.38. The SMILES string of the molecule is C=CC(=O)NCc1cccc(-c2cc(Cl)ccc2[C@@H](Oc2cc(N3CCC4(CC3)CNC(C(=O)OCC)C4)nc(N)n2)C(F)(F)F)c1. The fraction of sp³-hybridized carbons (Fsp3) is 0.394. The van der Waals surface area contributed by atoms with Gasteiger partial charge in [0.25, 0.3) is 0 Å². The molecule has 3 heterocycles. The number of nitrogen functional groups attached to an aromatic ring is 1. The average Bonchev–Trinajstić information content (AvgIpc) is 3.46. The molecule has 1 unspecified atom stereocenters. The molecule has 47 heavy (non-hydrogen) atoms. The number of anilines is 2. The zero-order valence-electron chi connectivity index (χ0n) is 25.8. The summed E-state index contributed by atoms with van der Waals surface area (Å²) >= 11 is 6.26. The maximum absolute atomic E-state index is 14.7. The molecular weight excluding hydrogens is 637 g/mol. The van der Waals surface area contributed by atoms with Gasteiger partial charge in [0, 0.05) is 42.8 Å². The van der Waals surface area contributed by atoms with Gasteiger partial charge in [0.1, 0.15) is 11.9 Å². The van der Waals surface area contributed by atoms with Crippen molar-refractivity contribution in [2.45, 2.75) is 51.1 Å². The highest BCUT2D eigenvalue weighted by Crippen LogP contribution is 2.43. The summed E-state index contributed by atoms with van der Waals surface area (Å²) in [6.45, 7) is 7.44. The lowest BCUT2D eigenvalue weighted by atomic mass is 9.76. The number of nitrogens with two attached hydrogens (primary N) is 1. The molecule has 3 aromatic rings. The normalized spacial score (nSPS) is 18.1. The molecule has 14 heteroatoms. The lowest BCUT2D eigenvalue weighted by Gasteiger charge is -2.39. The number of hydrogen-bond donors (Lipinski definition) is 3. The van der Waals surface area contributed by atoms with Crippen LogP contribution in [-0.2, 0) is 20.9 Å². The predicted molar refractivity (Wildman–Crippen MR) is 172 cm³/mol. The highest BCUT2D eigenvalue weighted by Gasteiger charge is 2.46. The smallest absolute Gasteiger partial charge is 0.429 e. The van der Waals surface area contributed by atoms with Gasteiger partial charge in [0.15, 0.2) is 0 Å². The standard InChI is InChI=1S/C33H36ClF3N6O4/c1-3-27(44)39-18-20-6-5-7-21(14-20)24-15-22(34)8-9-23(24)29(33(35,36)37)47-28-16-26(41-31(38)42-28)43-12-10-32(11-13-43)17-25(40-19-32)30(45)46-4-2/h3,5-9,14-16,25,29,40H,1,4,10-13,17-19H2,2H3,(H,39,44)(H2,38,41,42)/t25?,29-/m1/s1. The fourth-order valence-electron chi connectivity index (χ4n) is 6.11. The first-order chi connectivity index (χ1) is 22.4. The number of nitrogens with one attached hydrogen (secondary N) is 2. The molecule has 0 saturated carbocycles. The molecule has 5 rings (SSSR count). The summed E-state index contributed by atoms with van der Waals surface area (Å²) < 4.78 is 55.0. The molecule has 0 radical (unpaired) electrons. The monoisotopic (exact) mass is 672 g/mol. The van der Waals surface area contributed by atoms with E-state index in [0.717, 1.165) is 18.9 Å². The summed E-state index contributed by atoms with van der Waals surface area (Å²) in [5.41, 5.74) is 7.01. The van der Waals surface area contributed by atoms with Crippen molar-refractivity contribution < 1.29 is 32.2 Å². The number of carbonyl (C=O) groups excluding carboxylic acids is 2. The maximum Gasteiger partial charge on any atom is 0.429 e. The minimum absolute atomic E-state index is 0.0905. The van der Waals surface area contributed by atoms with Crippen molar-refractivity contribution in [3.8, 4) is 17.0 Å². The average molecular weight is 673 g/mol. The Morgan fingerprint density at radius 2 is 1.98 bits per heavy atom. The number of piperidine rings is 1. The molecule has 0 aliphatic carbocycles. The second-order valence-electron chi connectivity index (χ2n) is 11.7. The first kappa shape index (κ1) is 34.0. The van der Waals surface area contributed by atoms with Crippen LogP contribution < -0.4 is 26.0 Å². The molecule has 2 aromatic carbocycles. The van der Waals surface area contributed by atoms with Gasteiger partial charge in [0.2, 0.25) is 23.8 Å². The second kappa shape index (κ2) is 14.2. The van der Waals surface area contributed by atoms with Crippen LogP contribution in [0.5, 0.6) is 5.88 Å². The number of hydrogen-bond acceptors (Lipinski definition) is 9. The molecule has 2 atom stereocenters. The number of nitrogens with zero attached hydrogens (tertiary/aromatic N) is 3. The van der Waals surface area contributed by atoms with Crippen molar-refractivity contribution in [3.63, 3.8) is 0 Å². The topological polar surface area (TPSA) is 132 Å². The molecule has 10 nitrogen and oxygen atoms in total. The Labute approximate surface area is 275 Å². The molecule has 2 aliphatic rings. The maximum atomic E-state index is 14.7. The number of esters is 1. The third-order valence-corrected chi connectivity index (χ3v) is 8.75. The lowest BCUT2D eigenvalue weighted by Crippen LogP contribution is -2.41. The number of carbonyl (C=O) groups is 2. The molecule has 0 bridgehead atoms. The summed E-state index contributed by atoms with van der Waals surface area (Å²) in [4.78, 5) is 34.1. The van der Waals surface area contributed by atoms with E-state index in [4.69, 9.17) is 26.8 Å². The molecule has 1 spiro atoms. The summed E-state index contributed by atoms with van der Waals surface area (Å²) in [7, 11) is 0. The number of amides is 1. The van der Waals surface area contributed by atoms with Crippen molar-refractivity contribution in [2.75, 3.05) is 36.9 Å². The minimum Gasteiger partial charge on any atom is -0.465 e. The molecule has 1 aromatic heterocycles. The van der Waals surface area contributed by atoms with Crippen LogP contribution >= 0.6 is 11.6 Å². The van der Waals surface area contributed by atoms with Gasteiger partial charge < -0.3 is 30.7 Å². The Morgan fingerprint density at radius 1 is 1.21 bits per heavy atom. The van der Waals surface area contributed by atoms with E-state index >= 15 is 0 Å². The second-order valence-corrected chi connectivity index (χ2v) is 12.1.